The minimum absolute atomic E-state index is 0.118. The predicted octanol–water partition coefficient (Wildman–Crippen LogP) is 2.70. The molecule has 0 radical (unpaired) electrons. The largest absolute Gasteiger partial charge is 0.352 e. The second kappa shape index (κ2) is 7.93. The van der Waals surface area contributed by atoms with Gasteiger partial charge in [0, 0.05) is 25.1 Å². The van der Waals surface area contributed by atoms with Crippen molar-refractivity contribution in [2.75, 3.05) is 6.54 Å². The van der Waals surface area contributed by atoms with E-state index < -0.39 is 64.7 Å². The van der Waals surface area contributed by atoms with Gasteiger partial charge in [-0.05, 0) is 6.42 Å². The van der Waals surface area contributed by atoms with Gasteiger partial charge in [-0.3, -0.25) is 9.59 Å². The fourth-order valence-corrected chi connectivity index (χ4v) is 1.99. The van der Waals surface area contributed by atoms with Crippen molar-refractivity contribution >= 4 is 11.7 Å². The van der Waals surface area contributed by atoms with E-state index in [9.17, 15) is 35.9 Å². The number of aromatic nitrogens is 2. The van der Waals surface area contributed by atoms with Gasteiger partial charge in [0.2, 0.25) is 11.9 Å². The molecule has 2 heterocycles. The Balaban J connectivity index is 1.93. The van der Waals surface area contributed by atoms with E-state index >= 15 is 0 Å². The van der Waals surface area contributed by atoms with Crippen molar-refractivity contribution < 1.29 is 35.9 Å². The number of nitrogens with one attached hydrogen (secondary N) is 1. The third kappa shape index (κ3) is 4.35. The first-order chi connectivity index (χ1) is 12.2. The molecule has 2 aromatic heterocycles. The number of pyridine rings is 2. The van der Waals surface area contributed by atoms with Crippen LogP contribution in [-0.2, 0) is 0 Å². The van der Waals surface area contributed by atoms with Crippen molar-refractivity contribution in [1.82, 2.24) is 15.3 Å². The molecular weight excluding hydrogens is 368 g/mol. The molecule has 0 atom stereocenters. The van der Waals surface area contributed by atoms with Gasteiger partial charge >= 0.3 is 0 Å². The highest BCUT2D eigenvalue weighted by atomic mass is 19.2. The van der Waals surface area contributed by atoms with Crippen LogP contribution in [0.15, 0.2) is 12.1 Å². The Morgan fingerprint density at radius 1 is 0.846 bits per heavy atom. The fraction of sp³-hybridized carbons (Fsp3) is 0.200. The summed E-state index contributed by atoms with van der Waals surface area (Å²) in [6.45, 7) is -0.257. The van der Waals surface area contributed by atoms with Crippen molar-refractivity contribution in [3.8, 4) is 0 Å². The molecule has 0 saturated heterocycles. The second-order valence-corrected chi connectivity index (χ2v) is 4.98. The molecular formula is C15H9F6N3O2. The lowest BCUT2D eigenvalue weighted by molar-refractivity contribution is 0.0931. The van der Waals surface area contributed by atoms with Gasteiger partial charge in [-0.2, -0.15) is 27.5 Å². The van der Waals surface area contributed by atoms with E-state index in [-0.39, 0.29) is 13.0 Å². The van der Waals surface area contributed by atoms with Crippen LogP contribution in [0.3, 0.4) is 0 Å². The van der Waals surface area contributed by atoms with E-state index in [2.05, 4.69) is 15.3 Å². The van der Waals surface area contributed by atoms with Crippen LogP contribution in [0.4, 0.5) is 26.3 Å². The van der Waals surface area contributed by atoms with Crippen LogP contribution >= 0.6 is 0 Å². The summed E-state index contributed by atoms with van der Waals surface area (Å²) in [6.07, 6.45) is -0.533. The lowest BCUT2D eigenvalue weighted by Gasteiger charge is -2.07. The maximum absolute atomic E-state index is 13.4. The number of Topliss-reactive ketones (excluding diaryl/α,β-unsaturated/α-hetero) is 1. The van der Waals surface area contributed by atoms with E-state index in [0.29, 0.717) is 12.1 Å². The summed E-state index contributed by atoms with van der Waals surface area (Å²) in [4.78, 5) is 28.5. The van der Waals surface area contributed by atoms with Gasteiger partial charge in [-0.25, -0.2) is 8.78 Å². The lowest BCUT2D eigenvalue weighted by atomic mass is 10.1. The number of hydrogen-bond acceptors (Lipinski definition) is 4. The van der Waals surface area contributed by atoms with Crippen LogP contribution in [0.25, 0.3) is 0 Å². The maximum Gasteiger partial charge on any atom is 0.254 e. The summed E-state index contributed by atoms with van der Waals surface area (Å²) in [7, 11) is 0. The molecule has 26 heavy (non-hydrogen) atoms. The zero-order valence-corrected chi connectivity index (χ0v) is 12.8. The number of amides is 1. The zero-order valence-electron chi connectivity index (χ0n) is 12.8. The summed E-state index contributed by atoms with van der Waals surface area (Å²) in [5.74, 6) is -11.7. The van der Waals surface area contributed by atoms with Gasteiger partial charge in [-0.15, -0.1) is 0 Å². The predicted molar refractivity (Wildman–Crippen MR) is 74.1 cm³/mol. The highest BCUT2D eigenvalue weighted by molar-refractivity contribution is 5.96. The molecule has 11 heteroatoms. The lowest BCUT2D eigenvalue weighted by Crippen LogP contribution is -2.26. The van der Waals surface area contributed by atoms with E-state index in [4.69, 9.17) is 0 Å². The topological polar surface area (TPSA) is 72.0 Å². The number of nitrogens with zero attached hydrogens (tertiary/aromatic N) is 2. The Morgan fingerprint density at radius 2 is 1.35 bits per heavy atom. The molecule has 0 aliphatic carbocycles. The molecule has 1 N–H and O–H groups in total. The van der Waals surface area contributed by atoms with Crippen molar-refractivity contribution in [3.05, 3.63) is 58.7 Å². The molecule has 2 rings (SSSR count). The summed E-state index contributed by atoms with van der Waals surface area (Å²) in [5, 5.41) is 2.09. The van der Waals surface area contributed by atoms with Gasteiger partial charge in [0.05, 0.1) is 11.1 Å². The number of halogens is 6. The molecule has 0 fully saturated rings. The Hall–Kier alpha value is -2.98. The number of hydrogen-bond donors (Lipinski definition) is 1. The SMILES string of the molecule is O=C(CCCNC(=O)c1cc(F)nc(F)c1F)c1cc(F)nc(F)c1F. The fourth-order valence-electron chi connectivity index (χ4n) is 1.99. The molecule has 0 saturated carbocycles. The molecule has 138 valence electrons. The molecule has 2 aromatic rings. The molecule has 0 unspecified atom stereocenters. The average Bonchev–Trinajstić information content (AvgIpc) is 2.57. The molecule has 0 aromatic carbocycles. The molecule has 1 amide bonds. The first kappa shape index (κ1) is 19.3. The van der Waals surface area contributed by atoms with Crippen LogP contribution in [0.2, 0.25) is 0 Å². The maximum atomic E-state index is 13.4. The monoisotopic (exact) mass is 377 g/mol. The van der Waals surface area contributed by atoms with Crippen molar-refractivity contribution in [2.45, 2.75) is 12.8 Å². The van der Waals surface area contributed by atoms with Crippen molar-refractivity contribution in [3.63, 3.8) is 0 Å². The molecule has 0 aliphatic heterocycles. The summed E-state index contributed by atoms with van der Waals surface area (Å²) in [6, 6.07) is 0.814. The van der Waals surface area contributed by atoms with Gasteiger partial charge < -0.3 is 5.32 Å². The Morgan fingerprint density at radius 3 is 1.92 bits per heavy atom. The third-order valence-electron chi connectivity index (χ3n) is 3.18. The van der Waals surface area contributed by atoms with E-state index in [0.717, 1.165) is 0 Å². The average molecular weight is 377 g/mol. The minimum Gasteiger partial charge on any atom is -0.352 e. The number of ketones is 1. The normalized spacial score (nSPS) is 10.7. The van der Waals surface area contributed by atoms with Crippen molar-refractivity contribution in [1.29, 1.82) is 0 Å². The molecule has 0 aliphatic rings. The summed E-state index contributed by atoms with van der Waals surface area (Å²) < 4.78 is 78.5. The Labute approximate surface area is 142 Å². The Kier molecular flexibility index (Phi) is 5.90. The standard InChI is InChI=1S/C15H9F6N3O2/c16-9-4-6(11(18)13(20)23-9)8(25)2-1-3-22-15(26)7-5-10(17)24-14(21)12(7)19/h4-5H,1-3H2,(H,22,26). The van der Waals surface area contributed by atoms with Crippen LogP contribution in [0.1, 0.15) is 33.6 Å². The highest BCUT2D eigenvalue weighted by Crippen LogP contribution is 2.14. The molecule has 0 bridgehead atoms. The zero-order chi connectivity index (χ0) is 19.4. The van der Waals surface area contributed by atoms with Crippen molar-refractivity contribution in [2.24, 2.45) is 0 Å². The smallest absolute Gasteiger partial charge is 0.254 e. The third-order valence-corrected chi connectivity index (χ3v) is 3.18. The van der Waals surface area contributed by atoms with E-state index in [1.165, 1.54) is 0 Å². The number of carbonyl (C=O) groups is 2. The highest BCUT2D eigenvalue weighted by Gasteiger charge is 2.20. The van der Waals surface area contributed by atoms with Gasteiger partial charge in [0.25, 0.3) is 17.8 Å². The first-order valence-corrected chi connectivity index (χ1v) is 7.05. The summed E-state index contributed by atoms with van der Waals surface area (Å²) >= 11 is 0. The van der Waals surface area contributed by atoms with Crippen LogP contribution in [0.5, 0.6) is 0 Å². The van der Waals surface area contributed by atoms with Crippen LogP contribution < -0.4 is 5.32 Å². The van der Waals surface area contributed by atoms with E-state index in [1.807, 2.05) is 0 Å². The quantitative estimate of drug-likeness (QED) is 0.364. The minimum atomic E-state index is -1.79. The Bertz CT molecular complexity index is 803. The summed E-state index contributed by atoms with van der Waals surface area (Å²) in [5.41, 5.74) is -1.77. The van der Waals surface area contributed by atoms with Gasteiger partial charge in [0.1, 0.15) is 0 Å². The number of carbonyl (C=O) groups excluding carboxylic acids is 2. The molecule has 0 spiro atoms. The first-order valence-electron chi connectivity index (χ1n) is 7.05. The second-order valence-electron chi connectivity index (χ2n) is 4.98. The van der Waals surface area contributed by atoms with Gasteiger partial charge in [0.15, 0.2) is 17.4 Å². The molecule has 5 nitrogen and oxygen atoms in total. The van der Waals surface area contributed by atoms with Crippen LogP contribution in [-0.4, -0.2) is 28.2 Å². The van der Waals surface area contributed by atoms with Crippen LogP contribution in [0, 0.1) is 35.4 Å². The van der Waals surface area contributed by atoms with Gasteiger partial charge in [-0.1, -0.05) is 0 Å². The van der Waals surface area contributed by atoms with E-state index in [1.54, 1.807) is 0 Å². The number of rotatable bonds is 6.